The van der Waals surface area contributed by atoms with Crippen LogP contribution in [0.15, 0.2) is 24.3 Å². The van der Waals surface area contributed by atoms with Crippen molar-refractivity contribution >= 4 is 27.4 Å². The maximum Gasteiger partial charge on any atom is 0.161 e. The van der Waals surface area contributed by atoms with E-state index in [-0.39, 0.29) is 6.10 Å². The van der Waals surface area contributed by atoms with Gasteiger partial charge in [-0.3, -0.25) is 0 Å². The lowest BCUT2D eigenvalue weighted by Gasteiger charge is -2.26. The first-order valence-electron chi connectivity index (χ1n) is 9.19. The van der Waals surface area contributed by atoms with Crippen molar-refractivity contribution in [2.75, 3.05) is 18.5 Å². The van der Waals surface area contributed by atoms with Gasteiger partial charge in [-0.15, -0.1) is 11.3 Å². The van der Waals surface area contributed by atoms with Gasteiger partial charge in [0.15, 0.2) is 11.5 Å². The minimum atomic E-state index is -0.0373. The van der Waals surface area contributed by atoms with Gasteiger partial charge < -0.3 is 14.8 Å². The Balaban J connectivity index is 1.41. The van der Waals surface area contributed by atoms with Gasteiger partial charge in [0.25, 0.3) is 0 Å². The van der Waals surface area contributed by atoms with E-state index < -0.39 is 0 Å². The molecule has 0 spiro atoms. The minimum Gasteiger partial charge on any atom is -0.486 e. The molecular weight excluding hydrogens is 346 g/mol. The van der Waals surface area contributed by atoms with E-state index in [4.69, 9.17) is 14.5 Å². The molecule has 6 heteroatoms. The Morgan fingerprint density at radius 3 is 2.92 bits per heavy atom. The molecule has 5 nitrogen and oxygen atoms in total. The van der Waals surface area contributed by atoms with Crippen LogP contribution in [0, 0.1) is 6.92 Å². The molecule has 0 amide bonds. The number of nitrogens with one attached hydrogen (secondary N) is 1. The third-order valence-corrected chi connectivity index (χ3v) is 6.18. The molecule has 2 aromatic heterocycles. The molecule has 26 heavy (non-hydrogen) atoms. The fourth-order valence-corrected chi connectivity index (χ4v) is 5.07. The molecule has 1 aromatic carbocycles. The van der Waals surface area contributed by atoms with Crippen LogP contribution in [0.4, 0.5) is 5.82 Å². The maximum absolute atomic E-state index is 6.06. The highest BCUT2D eigenvalue weighted by molar-refractivity contribution is 7.19. The number of anilines is 1. The molecule has 2 aliphatic rings. The van der Waals surface area contributed by atoms with E-state index in [1.165, 1.54) is 35.1 Å². The van der Waals surface area contributed by atoms with Crippen molar-refractivity contribution in [3.8, 4) is 11.5 Å². The average Bonchev–Trinajstić information content (AvgIpc) is 3.04. The number of ether oxygens (including phenoxy) is 2. The summed E-state index contributed by atoms with van der Waals surface area (Å²) in [4.78, 5) is 12.0. The van der Waals surface area contributed by atoms with E-state index in [9.17, 15) is 0 Å². The van der Waals surface area contributed by atoms with Crippen LogP contribution in [0.1, 0.15) is 29.1 Å². The Kier molecular flexibility index (Phi) is 3.93. The molecule has 3 heterocycles. The summed E-state index contributed by atoms with van der Waals surface area (Å²) < 4.78 is 11.9. The Hall–Kier alpha value is -2.34. The molecule has 3 aromatic rings. The first kappa shape index (κ1) is 15.9. The van der Waals surface area contributed by atoms with E-state index in [0.29, 0.717) is 13.2 Å². The van der Waals surface area contributed by atoms with Crippen LogP contribution in [0.3, 0.4) is 0 Å². The van der Waals surface area contributed by atoms with Crippen LogP contribution in [0.2, 0.25) is 0 Å². The van der Waals surface area contributed by atoms with Gasteiger partial charge in [-0.2, -0.15) is 0 Å². The molecule has 1 unspecified atom stereocenters. The first-order valence-corrected chi connectivity index (χ1v) is 10.0. The topological polar surface area (TPSA) is 56.3 Å². The molecular formula is C20H21N3O2S. The van der Waals surface area contributed by atoms with E-state index >= 15 is 0 Å². The Morgan fingerprint density at radius 1 is 1.15 bits per heavy atom. The van der Waals surface area contributed by atoms with Crippen LogP contribution in [0.25, 0.3) is 10.2 Å². The molecule has 0 saturated heterocycles. The summed E-state index contributed by atoms with van der Waals surface area (Å²) in [5, 5.41) is 4.73. The van der Waals surface area contributed by atoms with Gasteiger partial charge in [-0.25, -0.2) is 9.97 Å². The Morgan fingerprint density at radius 2 is 2.00 bits per heavy atom. The van der Waals surface area contributed by atoms with Crippen LogP contribution >= 0.6 is 11.3 Å². The van der Waals surface area contributed by atoms with Crippen LogP contribution in [-0.4, -0.2) is 29.2 Å². The van der Waals surface area contributed by atoms with Crippen molar-refractivity contribution in [1.82, 2.24) is 9.97 Å². The summed E-state index contributed by atoms with van der Waals surface area (Å²) in [6.45, 7) is 3.16. The molecule has 0 fully saturated rings. The standard InChI is InChI=1S/C20H21N3O2S/c1-12-22-19(18-14-6-2-5-9-17(14)26-20(18)23-12)21-10-13-11-24-15-7-3-4-8-16(15)25-13/h3-4,7-8,13H,2,5-6,9-11H2,1H3,(H,21,22,23). The zero-order valence-corrected chi connectivity index (χ0v) is 15.6. The lowest BCUT2D eigenvalue weighted by Crippen LogP contribution is -2.35. The zero-order chi connectivity index (χ0) is 17.5. The highest BCUT2D eigenvalue weighted by Gasteiger charge is 2.23. The lowest BCUT2D eigenvalue weighted by atomic mass is 9.97. The number of thiophene rings is 1. The predicted molar refractivity (Wildman–Crippen MR) is 104 cm³/mol. The van der Waals surface area contributed by atoms with Gasteiger partial charge in [0, 0.05) is 4.88 Å². The number of nitrogens with zero attached hydrogens (tertiary/aromatic N) is 2. The highest BCUT2D eigenvalue weighted by atomic mass is 32.1. The lowest BCUT2D eigenvalue weighted by molar-refractivity contribution is 0.0997. The number of aromatic nitrogens is 2. The van der Waals surface area contributed by atoms with Gasteiger partial charge >= 0.3 is 0 Å². The maximum atomic E-state index is 6.06. The second-order valence-electron chi connectivity index (χ2n) is 6.89. The van der Waals surface area contributed by atoms with Gasteiger partial charge in [-0.05, 0) is 50.3 Å². The van der Waals surface area contributed by atoms with Crippen molar-refractivity contribution in [3.63, 3.8) is 0 Å². The van der Waals surface area contributed by atoms with Crippen molar-refractivity contribution < 1.29 is 9.47 Å². The summed E-state index contributed by atoms with van der Waals surface area (Å²) in [6.07, 6.45) is 4.80. The average molecular weight is 367 g/mol. The number of para-hydroxylation sites is 2. The fraction of sp³-hybridized carbons (Fsp3) is 0.400. The molecule has 0 radical (unpaired) electrons. The summed E-state index contributed by atoms with van der Waals surface area (Å²) in [5.74, 6) is 3.37. The molecule has 134 valence electrons. The molecule has 1 N–H and O–H groups in total. The van der Waals surface area contributed by atoms with Gasteiger partial charge in [0.2, 0.25) is 0 Å². The summed E-state index contributed by atoms with van der Waals surface area (Å²) in [7, 11) is 0. The van der Waals surface area contributed by atoms with E-state index in [0.717, 1.165) is 34.4 Å². The molecule has 1 aliphatic carbocycles. The molecule has 5 rings (SSSR count). The van der Waals surface area contributed by atoms with Gasteiger partial charge in [0.05, 0.1) is 11.9 Å². The normalized spacial score (nSPS) is 18.6. The van der Waals surface area contributed by atoms with Crippen molar-refractivity contribution in [2.45, 2.75) is 38.7 Å². The number of rotatable bonds is 3. The van der Waals surface area contributed by atoms with Crippen molar-refractivity contribution in [3.05, 3.63) is 40.5 Å². The quantitative estimate of drug-likeness (QED) is 0.754. The highest BCUT2D eigenvalue weighted by Crippen LogP contribution is 2.38. The van der Waals surface area contributed by atoms with Crippen LogP contribution in [-0.2, 0) is 12.8 Å². The second-order valence-corrected chi connectivity index (χ2v) is 7.97. The molecule has 1 aliphatic heterocycles. The van der Waals surface area contributed by atoms with E-state index in [2.05, 4.69) is 10.3 Å². The molecule has 0 saturated carbocycles. The van der Waals surface area contributed by atoms with E-state index in [1.54, 1.807) is 0 Å². The predicted octanol–water partition coefficient (Wildman–Crippen LogP) is 4.13. The number of benzene rings is 1. The largest absolute Gasteiger partial charge is 0.486 e. The fourth-order valence-electron chi connectivity index (χ4n) is 3.77. The zero-order valence-electron chi connectivity index (χ0n) is 14.7. The third-order valence-electron chi connectivity index (χ3n) is 4.99. The third kappa shape index (κ3) is 2.78. The second kappa shape index (κ2) is 6.43. The Bertz CT molecular complexity index is 969. The van der Waals surface area contributed by atoms with Gasteiger partial charge in [-0.1, -0.05) is 12.1 Å². The number of hydrogen-bond donors (Lipinski definition) is 1. The van der Waals surface area contributed by atoms with Crippen LogP contribution in [0.5, 0.6) is 11.5 Å². The van der Waals surface area contributed by atoms with Crippen molar-refractivity contribution in [2.24, 2.45) is 0 Å². The summed E-state index contributed by atoms with van der Waals surface area (Å²) in [5.41, 5.74) is 1.45. The Labute approximate surface area is 156 Å². The summed E-state index contributed by atoms with van der Waals surface area (Å²) >= 11 is 1.83. The SMILES string of the molecule is Cc1nc(NCC2COc3ccccc3O2)c2c3c(sc2n1)CCCC3. The van der Waals surface area contributed by atoms with Gasteiger partial charge in [0.1, 0.15) is 29.2 Å². The minimum absolute atomic E-state index is 0.0373. The molecule has 1 atom stereocenters. The summed E-state index contributed by atoms with van der Waals surface area (Å²) in [6, 6.07) is 7.81. The van der Waals surface area contributed by atoms with Crippen LogP contribution < -0.4 is 14.8 Å². The number of fused-ring (bicyclic) bond motifs is 4. The van der Waals surface area contributed by atoms with Crippen molar-refractivity contribution in [1.29, 1.82) is 0 Å². The first-order chi connectivity index (χ1) is 12.8. The molecule has 0 bridgehead atoms. The monoisotopic (exact) mass is 367 g/mol. The van der Waals surface area contributed by atoms with E-state index in [1.807, 2.05) is 42.5 Å². The number of hydrogen-bond acceptors (Lipinski definition) is 6. The number of aryl methyl sites for hydroxylation is 3. The smallest absolute Gasteiger partial charge is 0.161 e.